The van der Waals surface area contributed by atoms with Crippen molar-refractivity contribution in [1.82, 2.24) is 9.29 Å². The minimum absolute atomic E-state index is 0.0828. The van der Waals surface area contributed by atoms with Crippen LogP contribution < -0.4 is 5.32 Å². The van der Waals surface area contributed by atoms with Gasteiger partial charge in [0, 0.05) is 18.0 Å². The molecule has 1 aromatic heterocycles. The lowest BCUT2D eigenvalue weighted by Gasteiger charge is -2.16. The normalized spacial score (nSPS) is 11.6. The summed E-state index contributed by atoms with van der Waals surface area (Å²) < 4.78 is 38.9. The van der Waals surface area contributed by atoms with Crippen LogP contribution >= 0.6 is 11.3 Å². The molecule has 0 unspecified atom stereocenters. The van der Waals surface area contributed by atoms with E-state index in [9.17, 15) is 17.6 Å². The molecule has 1 amide bonds. The van der Waals surface area contributed by atoms with E-state index in [-0.39, 0.29) is 4.90 Å². The Morgan fingerprint density at radius 1 is 1.17 bits per heavy atom. The van der Waals surface area contributed by atoms with Gasteiger partial charge in [-0.2, -0.15) is 4.31 Å². The largest absolute Gasteiger partial charge is 0.301 e. The van der Waals surface area contributed by atoms with Crippen LogP contribution in [0, 0.1) is 19.7 Å². The number of nitrogens with one attached hydrogen (secondary N) is 1. The average molecular weight is 434 g/mol. The topological polar surface area (TPSA) is 79.4 Å². The Hall–Kier alpha value is -2.62. The number of carbonyl (C=O) groups is 1. The smallest absolute Gasteiger partial charge is 0.243 e. The van der Waals surface area contributed by atoms with Crippen LogP contribution in [0.1, 0.15) is 11.1 Å². The number of rotatable bonds is 6. The predicted molar refractivity (Wildman–Crippen MR) is 112 cm³/mol. The molecule has 0 radical (unpaired) electrons. The third-order valence-corrected chi connectivity index (χ3v) is 6.87. The summed E-state index contributed by atoms with van der Waals surface area (Å²) in [6.07, 6.45) is 0. The fraction of sp³-hybridized carbons (Fsp3) is 0.200. The van der Waals surface area contributed by atoms with Crippen LogP contribution in [0.25, 0.3) is 11.3 Å². The number of carbonyl (C=O) groups excluding carboxylic acids is 1. The number of thiazole rings is 1. The van der Waals surface area contributed by atoms with Crippen LogP contribution in [0.2, 0.25) is 0 Å². The van der Waals surface area contributed by atoms with Crippen molar-refractivity contribution in [3.05, 3.63) is 64.8 Å². The fourth-order valence-electron chi connectivity index (χ4n) is 2.79. The van der Waals surface area contributed by atoms with Gasteiger partial charge in [0.1, 0.15) is 5.82 Å². The van der Waals surface area contributed by atoms with E-state index in [4.69, 9.17) is 0 Å². The predicted octanol–water partition coefficient (Wildman–Crippen LogP) is 3.83. The van der Waals surface area contributed by atoms with Crippen LogP contribution in [0.5, 0.6) is 0 Å². The first kappa shape index (κ1) is 21.1. The highest BCUT2D eigenvalue weighted by molar-refractivity contribution is 7.89. The molecule has 0 aliphatic carbocycles. The summed E-state index contributed by atoms with van der Waals surface area (Å²) in [7, 11) is -2.61. The van der Waals surface area contributed by atoms with Crippen LogP contribution in [-0.2, 0) is 14.8 Å². The van der Waals surface area contributed by atoms with E-state index in [1.165, 1.54) is 18.4 Å². The fourth-order valence-corrected chi connectivity index (χ4v) is 4.64. The first-order chi connectivity index (χ1) is 13.7. The van der Waals surface area contributed by atoms with E-state index in [1.54, 1.807) is 0 Å². The second kappa shape index (κ2) is 8.40. The highest BCUT2D eigenvalue weighted by Crippen LogP contribution is 2.28. The maximum absolute atomic E-state index is 13.0. The molecule has 29 heavy (non-hydrogen) atoms. The average Bonchev–Trinajstić information content (AvgIpc) is 3.09. The Morgan fingerprint density at radius 2 is 1.86 bits per heavy atom. The van der Waals surface area contributed by atoms with Gasteiger partial charge < -0.3 is 5.32 Å². The third-order valence-electron chi connectivity index (χ3n) is 4.30. The molecule has 0 aliphatic heterocycles. The molecule has 0 bridgehead atoms. The lowest BCUT2D eigenvalue weighted by Crippen LogP contribution is -2.34. The number of aromatic nitrogens is 1. The Labute approximate surface area is 173 Å². The van der Waals surface area contributed by atoms with Gasteiger partial charge >= 0.3 is 0 Å². The van der Waals surface area contributed by atoms with Gasteiger partial charge in [0.15, 0.2) is 5.13 Å². The molecule has 1 heterocycles. The molecular formula is C20H20FN3O3S2. The zero-order valence-electron chi connectivity index (χ0n) is 16.1. The molecule has 6 nitrogen and oxygen atoms in total. The van der Waals surface area contributed by atoms with E-state index in [1.807, 2.05) is 31.4 Å². The lowest BCUT2D eigenvalue weighted by molar-refractivity contribution is -0.116. The van der Waals surface area contributed by atoms with E-state index < -0.39 is 28.3 Å². The number of aryl methyl sites for hydroxylation is 2. The van der Waals surface area contributed by atoms with Crippen molar-refractivity contribution in [2.75, 3.05) is 18.9 Å². The first-order valence-corrected chi connectivity index (χ1v) is 11.0. The number of hydrogen-bond donors (Lipinski definition) is 1. The molecule has 0 aliphatic rings. The third kappa shape index (κ3) is 4.87. The van der Waals surface area contributed by atoms with Crippen LogP contribution in [-0.4, -0.2) is 37.2 Å². The van der Waals surface area contributed by atoms with Crippen LogP contribution in [0.15, 0.2) is 52.7 Å². The Kier molecular flexibility index (Phi) is 6.11. The van der Waals surface area contributed by atoms with E-state index in [0.717, 1.165) is 51.0 Å². The van der Waals surface area contributed by atoms with Gasteiger partial charge in [-0.05, 0) is 43.7 Å². The summed E-state index contributed by atoms with van der Waals surface area (Å²) in [5.74, 6) is -1.05. The molecule has 0 atom stereocenters. The summed E-state index contributed by atoms with van der Waals surface area (Å²) in [6.45, 7) is 3.62. The minimum Gasteiger partial charge on any atom is -0.301 e. The molecule has 3 aromatic rings. The van der Waals surface area contributed by atoms with E-state index in [2.05, 4.69) is 16.4 Å². The molecule has 0 fully saturated rings. The van der Waals surface area contributed by atoms with Crippen molar-refractivity contribution in [3.63, 3.8) is 0 Å². The number of nitrogens with zero attached hydrogens (tertiary/aromatic N) is 2. The molecule has 1 N–H and O–H groups in total. The second-order valence-electron chi connectivity index (χ2n) is 6.62. The number of anilines is 1. The minimum atomic E-state index is -3.90. The maximum atomic E-state index is 13.0. The zero-order valence-corrected chi connectivity index (χ0v) is 17.8. The summed E-state index contributed by atoms with van der Waals surface area (Å²) >= 11 is 1.27. The molecular weight excluding hydrogens is 413 g/mol. The summed E-state index contributed by atoms with van der Waals surface area (Å²) in [5, 5.41) is 4.86. The highest BCUT2D eigenvalue weighted by atomic mass is 32.2. The zero-order chi connectivity index (χ0) is 21.2. The molecule has 152 valence electrons. The Bertz CT molecular complexity index is 1140. The van der Waals surface area contributed by atoms with Gasteiger partial charge in [-0.25, -0.2) is 17.8 Å². The van der Waals surface area contributed by atoms with E-state index >= 15 is 0 Å². The Balaban J connectivity index is 1.68. The van der Waals surface area contributed by atoms with E-state index in [0.29, 0.717) is 5.13 Å². The Morgan fingerprint density at radius 3 is 2.52 bits per heavy atom. The number of hydrogen-bond acceptors (Lipinski definition) is 5. The quantitative estimate of drug-likeness (QED) is 0.641. The standard InChI is InChI=1S/C20H20FN3O3S2/c1-13-4-9-17(14(2)10-13)18-12-28-20(22-18)23-19(25)11-24(3)29(26,27)16-7-5-15(21)6-8-16/h4-10,12H,11H2,1-3H3,(H,22,23,25). The van der Waals surface area contributed by atoms with Crippen LogP contribution in [0.4, 0.5) is 9.52 Å². The van der Waals surface area contributed by atoms with Crippen molar-refractivity contribution in [2.24, 2.45) is 0 Å². The molecule has 2 aromatic carbocycles. The monoisotopic (exact) mass is 433 g/mol. The van der Waals surface area contributed by atoms with Crippen molar-refractivity contribution in [1.29, 1.82) is 0 Å². The molecule has 0 spiro atoms. The molecule has 0 saturated heterocycles. The van der Waals surface area contributed by atoms with Crippen molar-refractivity contribution < 1.29 is 17.6 Å². The summed E-state index contributed by atoms with van der Waals surface area (Å²) in [4.78, 5) is 16.6. The number of amides is 1. The first-order valence-electron chi connectivity index (χ1n) is 8.72. The molecule has 3 rings (SSSR count). The summed E-state index contributed by atoms with van der Waals surface area (Å²) in [6, 6.07) is 10.5. The van der Waals surface area contributed by atoms with Gasteiger partial charge in [-0.3, -0.25) is 4.79 Å². The number of benzene rings is 2. The number of halogens is 1. The highest BCUT2D eigenvalue weighted by Gasteiger charge is 2.23. The van der Waals surface area contributed by atoms with Crippen molar-refractivity contribution in [2.45, 2.75) is 18.7 Å². The maximum Gasteiger partial charge on any atom is 0.243 e. The van der Waals surface area contributed by atoms with Gasteiger partial charge in [-0.15, -0.1) is 11.3 Å². The second-order valence-corrected chi connectivity index (χ2v) is 9.52. The van der Waals surface area contributed by atoms with Gasteiger partial charge in [0.2, 0.25) is 15.9 Å². The summed E-state index contributed by atoms with van der Waals surface area (Å²) in [5.41, 5.74) is 3.96. The lowest BCUT2D eigenvalue weighted by atomic mass is 10.0. The number of likely N-dealkylation sites (N-methyl/N-ethyl adjacent to an activating group) is 1. The van der Waals surface area contributed by atoms with Crippen molar-refractivity contribution >= 4 is 32.4 Å². The number of sulfonamides is 1. The molecule has 0 saturated carbocycles. The SMILES string of the molecule is Cc1ccc(-c2csc(NC(=O)CN(C)S(=O)(=O)c3ccc(F)cc3)n2)c(C)c1. The molecule has 9 heteroatoms. The van der Waals surface area contributed by atoms with Crippen LogP contribution in [0.3, 0.4) is 0 Å². The van der Waals surface area contributed by atoms with Crippen molar-refractivity contribution in [3.8, 4) is 11.3 Å². The van der Waals surface area contributed by atoms with Gasteiger partial charge in [-0.1, -0.05) is 23.8 Å². The van der Waals surface area contributed by atoms with Gasteiger partial charge in [0.25, 0.3) is 0 Å². The van der Waals surface area contributed by atoms with Gasteiger partial charge in [0.05, 0.1) is 17.1 Å².